The van der Waals surface area contributed by atoms with Crippen LogP contribution in [0.1, 0.15) is 10.4 Å². The zero-order valence-electron chi connectivity index (χ0n) is 11.0. The van der Waals surface area contributed by atoms with Crippen LogP contribution in [-0.2, 0) is 11.3 Å². The van der Waals surface area contributed by atoms with Gasteiger partial charge in [-0.2, -0.15) is 0 Å². The van der Waals surface area contributed by atoms with E-state index in [1.54, 1.807) is 18.3 Å². The van der Waals surface area contributed by atoms with Gasteiger partial charge in [-0.1, -0.05) is 12.1 Å². The number of Topliss-reactive ketones (excluding diaryl/α,β-unsaturated/α-hetero) is 1. The van der Waals surface area contributed by atoms with Gasteiger partial charge in [-0.05, 0) is 18.2 Å². The first-order valence-corrected chi connectivity index (χ1v) is 6.40. The monoisotopic (exact) mass is 286 g/mol. The number of carbonyl (C=O) groups excluding carboxylic acids is 2. The van der Waals surface area contributed by atoms with Crippen molar-refractivity contribution in [1.82, 2.24) is 4.57 Å². The molecule has 0 N–H and O–H groups in total. The predicted molar refractivity (Wildman–Crippen MR) is 73.8 cm³/mol. The van der Waals surface area contributed by atoms with Gasteiger partial charge < -0.3 is 9.47 Å². The summed E-state index contributed by atoms with van der Waals surface area (Å²) in [6.45, 7) is 0.245. The first kappa shape index (κ1) is 13.2. The number of para-hydroxylation sites is 1. The van der Waals surface area contributed by atoms with Crippen LogP contribution in [0.4, 0.5) is 10.1 Å². The lowest BCUT2D eigenvalue weighted by atomic mass is 10.1. The molecule has 0 unspecified atom stereocenters. The molecule has 5 nitrogen and oxygen atoms in total. The van der Waals surface area contributed by atoms with Gasteiger partial charge in [0.2, 0.25) is 0 Å². The number of nitrogens with zero attached hydrogens (tertiary/aromatic N) is 2. The number of halogens is 1. The maximum atomic E-state index is 13.9. The molecule has 1 aliphatic rings. The predicted octanol–water partition coefficient (Wildman–Crippen LogP) is 1.22. The Balaban J connectivity index is 1.91. The molecule has 1 aromatic heterocycles. The lowest BCUT2D eigenvalue weighted by Gasteiger charge is -2.17. The standard InChI is InChI=1S/C15H11FN2O3/c16-11-5-3-4-10-13(11)18(15(21)14(10)20)9-8-17-7-2-1-6-12(17)19/h1-7H,8-9H2. The molecular weight excluding hydrogens is 275 g/mol. The number of aromatic nitrogens is 1. The van der Waals surface area contributed by atoms with Crippen LogP contribution >= 0.6 is 0 Å². The van der Waals surface area contributed by atoms with E-state index in [-0.39, 0.29) is 29.9 Å². The van der Waals surface area contributed by atoms with Crippen LogP contribution in [0, 0.1) is 5.82 Å². The SMILES string of the molecule is O=C1C(=O)N(CCn2ccccc2=O)c2c(F)cccc21. The van der Waals surface area contributed by atoms with Gasteiger partial charge in [-0.25, -0.2) is 4.39 Å². The molecule has 2 aromatic rings. The number of hydrogen-bond acceptors (Lipinski definition) is 3. The summed E-state index contributed by atoms with van der Waals surface area (Å²) in [6.07, 6.45) is 1.58. The summed E-state index contributed by atoms with van der Waals surface area (Å²) in [5, 5.41) is 0. The Morgan fingerprint density at radius 2 is 1.76 bits per heavy atom. The number of fused-ring (bicyclic) bond motifs is 1. The largest absolute Gasteiger partial charge is 0.314 e. The van der Waals surface area contributed by atoms with Gasteiger partial charge in [-0.15, -0.1) is 0 Å². The van der Waals surface area contributed by atoms with Crippen LogP contribution in [0.5, 0.6) is 0 Å². The normalized spacial score (nSPS) is 13.7. The van der Waals surface area contributed by atoms with E-state index in [1.165, 1.54) is 28.8 Å². The molecule has 0 aliphatic carbocycles. The second-order valence-electron chi connectivity index (χ2n) is 4.65. The number of ketones is 1. The summed E-state index contributed by atoms with van der Waals surface area (Å²) >= 11 is 0. The number of pyridine rings is 1. The quantitative estimate of drug-likeness (QED) is 0.797. The smallest absolute Gasteiger partial charge is 0.299 e. The van der Waals surface area contributed by atoms with E-state index in [0.29, 0.717) is 0 Å². The number of benzene rings is 1. The van der Waals surface area contributed by atoms with E-state index in [1.807, 2.05) is 0 Å². The number of rotatable bonds is 3. The van der Waals surface area contributed by atoms with E-state index >= 15 is 0 Å². The maximum absolute atomic E-state index is 13.9. The summed E-state index contributed by atoms with van der Waals surface area (Å²) in [7, 11) is 0. The summed E-state index contributed by atoms with van der Waals surface area (Å²) in [6, 6.07) is 8.71. The maximum Gasteiger partial charge on any atom is 0.299 e. The second kappa shape index (κ2) is 4.97. The van der Waals surface area contributed by atoms with Gasteiger partial charge in [-0.3, -0.25) is 14.4 Å². The average Bonchev–Trinajstić information content (AvgIpc) is 2.72. The molecule has 0 saturated carbocycles. The molecule has 0 fully saturated rings. The van der Waals surface area contributed by atoms with Crippen molar-refractivity contribution in [1.29, 1.82) is 0 Å². The van der Waals surface area contributed by atoms with Crippen LogP contribution in [0.25, 0.3) is 0 Å². The molecule has 1 amide bonds. The van der Waals surface area contributed by atoms with Crippen LogP contribution < -0.4 is 10.5 Å². The highest BCUT2D eigenvalue weighted by molar-refractivity contribution is 6.52. The average molecular weight is 286 g/mol. The first-order chi connectivity index (χ1) is 10.1. The fraction of sp³-hybridized carbons (Fsp3) is 0.133. The Kier molecular flexibility index (Phi) is 3.13. The van der Waals surface area contributed by atoms with Crippen molar-refractivity contribution in [3.05, 3.63) is 64.3 Å². The van der Waals surface area contributed by atoms with Crippen molar-refractivity contribution in [2.75, 3.05) is 11.4 Å². The second-order valence-corrected chi connectivity index (χ2v) is 4.65. The van der Waals surface area contributed by atoms with Crippen molar-refractivity contribution in [2.24, 2.45) is 0 Å². The highest BCUT2D eigenvalue weighted by Crippen LogP contribution is 2.31. The molecule has 6 heteroatoms. The summed E-state index contributed by atoms with van der Waals surface area (Å²) in [5.74, 6) is -2.10. The third-order valence-corrected chi connectivity index (χ3v) is 3.40. The molecule has 106 valence electrons. The molecule has 0 atom stereocenters. The molecule has 1 aromatic carbocycles. The summed E-state index contributed by atoms with van der Waals surface area (Å²) < 4.78 is 15.3. The number of anilines is 1. The molecule has 0 saturated heterocycles. The van der Waals surface area contributed by atoms with Gasteiger partial charge in [0.25, 0.3) is 17.2 Å². The van der Waals surface area contributed by atoms with E-state index in [0.717, 1.165) is 4.90 Å². The zero-order valence-corrected chi connectivity index (χ0v) is 11.0. The van der Waals surface area contributed by atoms with E-state index in [9.17, 15) is 18.8 Å². The molecular formula is C15H11FN2O3. The summed E-state index contributed by atoms with van der Waals surface area (Å²) in [4.78, 5) is 36.4. The van der Waals surface area contributed by atoms with Crippen molar-refractivity contribution >= 4 is 17.4 Å². The Morgan fingerprint density at radius 1 is 0.952 bits per heavy atom. The highest BCUT2D eigenvalue weighted by atomic mass is 19.1. The fourth-order valence-electron chi connectivity index (χ4n) is 2.38. The Morgan fingerprint density at radius 3 is 2.52 bits per heavy atom. The lowest BCUT2D eigenvalue weighted by Crippen LogP contribution is -2.35. The van der Waals surface area contributed by atoms with Crippen LogP contribution in [0.3, 0.4) is 0 Å². The third kappa shape index (κ3) is 2.14. The van der Waals surface area contributed by atoms with E-state index < -0.39 is 17.5 Å². The van der Waals surface area contributed by atoms with Crippen LogP contribution in [0.2, 0.25) is 0 Å². The minimum Gasteiger partial charge on any atom is -0.314 e. The third-order valence-electron chi connectivity index (χ3n) is 3.40. The van der Waals surface area contributed by atoms with Crippen molar-refractivity contribution in [3.8, 4) is 0 Å². The molecule has 0 radical (unpaired) electrons. The summed E-state index contributed by atoms with van der Waals surface area (Å²) in [5.41, 5.74) is -0.152. The minimum atomic E-state index is -0.765. The number of carbonyl (C=O) groups is 2. The molecule has 0 spiro atoms. The fourth-order valence-corrected chi connectivity index (χ4v) is 2.38. The zero-order chi connectivity index (χ0) is 15.0. The number of amides is 1. The van der Waals surface area contributed by atoms with E-state index in [4.69, 9.17) is 0 Å². The minimum absolute atomic E-state index is 0.00326. The van der Waals surface area contributed by atoms with Gasteiger partial charge in [0.15, 0.2) is 0 Å². The van der Waals surface area contributed by atoms with Gasteiger partial charge in [0, 0.05) is 25.4 Å². The van der Waals surface area contributed by atoms with Crippen LogP contribution in [0.15, 0.2) is 47.4 Å². The van der Waals surface area contributed by atoms with Gasteiger partial charge >= 0.3 is 0 Å². The van der Waals surface area contributed by atoms with Gasteiger partial charge in [0.1, 0.15) is 5.82 Å². The molecule has 1 aliphatic heterocycles. The Labute approximate surface area is 119 Å². The first-order valence-electron chi connectivity index (χ1n) is 6.40. The Hall–Kier alpha value is -2.76. The molecule has 0 bridgehead atoms. The topological polar surface area (TPSA) is 59.4 Å². The molecule has 3 rings (SSSR count). The van der Waals surface area contributed by atoms with Crippen LogP contribution in [-0.4, -0.2) is 22.8 Å². The lowest BCUT2D eigenvalue weighted by molar-refractivity contribution is -0.114. The van der Waals surface area contributed by atoms with E-state index in [2.05, 4.69) is 0 Å². The van der Waals surface area contributed by atoms with Crippen molar-refractivity contribution in [2.45, 2.75) is 6.54 Å². The van der Waals surface area contributed by atoms with Gasteiger partial charge in [0.05, 0.1) is 11.3 Å². The highest BCUT2D eigenvalue weighted by Gasteiger charge is 2.37. The van der Waals surface area contributed by atoms with Crippen molar-refractivity contribution in [3.63, 3.8) is 0 Å². The number of hydrogen-bond donors (Lipinski definition) is 0. The molecule has 2 heterocycles. The molecule has 21 heavy (non-hydrogen) atoms. The Bertz CT molecular complexity index is 798. The van der Waals surface area contributed by atoms with Crippen molar-refractivity contribution < 1.29 is 14.0 Å².